The number of aromatic hydroxyl groups is 1. The molecule has 1 aromatic carbocycles. The molecule has 25 heavy (non-hydrogen) atoms. The summed E-state index contributed by atoms with van der Waals surface area (Å²) in [6.07, 6.45) is 12.5. The van der Waals surface area contributed by atoms with Crippen molar-refractivity contribution < 1.29 is 5.11 Å². The number of anilines is 1. The minimum absolute atomic E-state index is 0.296. The van der Waals surface area contributed by atoms with Gasteiger partial charge in [-0.1, -0.05) is 38.2 Å². The average molecular weight is 345 g/mol. The molecule has 0 aromatic heterocycles. The quantitative estimate of drug-likeness (QED) is 0.575. The number of nitrogens with zero attached hydrogens (tertiary/aromatic N) is 1. The molecule has 0 radical (unpaired) electrons. The molecule has 3 nitrogen and oxygen atoms in total. The molecule has 1 saturated heterocycles. The number of likely N-dealkylation sites (tertiary alicyclic amines) is 1. The number of nitrogen functional groups attached to an aromatic ring is 1. The number of benzene rings is 1. The summed E-state index contributed by atoms with van der Waals surface area (Å²) in [5.41, 5.74) is 9.82. The lowest BCUT2D eigenvalue weighted by Crippen LogP contribution is -2.35. The van der Waals surface area contributed by atoms with Gasteiger partial charge in [-0.2, -0.15) is 0 Å². The zero-order valence-electron chi connectivity index (χ0n) is 16.2. The topological polar surface area (TPSA) is 49.5 Å². The fraction of sp³-hybridized carbons (Fsp3) is 0.727. The van der Waals surface area contributed by atoms with Crippen LogP contribution in [0.4, 0.5) is 5.69 Å². The van der Waals surface area contributed by atoms with Gasteiger partial charge in [0, 0.05) is 6.54 Å². The highest BCUT2D eigenvalue weighted by Crippen LogP contribution is 2.37. The minimum atomic E-state index is 0.296. The lowest BCUT2D eigenvalue weighted by atomic mass is 9.85. The largest absolute Gasteiger partial charge is 0.505 e. The number of phenolic OH excluding ortho intramolecular Hbond substituents is 1. The smallest absolute Gasteiger partial charge is 0.141 e. The van der Waals surface area contributed by atoms with E-state index in [1.54, 1.807) is 0 Å². The van der Waals surface area contributed by atoms with Gasteiger partial charge in [0.15, 0.2) is 0 Å². The third-order valence-electron chi connectivity index (χ3n) is 6.60. The zero-order chi connectivity index (χ0) is 17.8. The van der Waals surface area contributed by atoms with Gasteiger partial charge in [0.2, 0.25) is 0 Å². The Balaban J connectivity index is 1.56. The van der Waals surface area contributed by atoms with Gasteiger partial charge in [-0.3, -0.25) is 0 Å². The van der Waals surface area contributed by atoms with Crippen LogP contribution in [0.5, 0.6) is 5.75 Å². The standard InChI is InChI=1S/C22H36N2O/c1-16-14-20(17(2)22(25)21(16)23)19-11-7-13-24(15-19)12-6-10-18-8-4-3-5-9-18/h14,18-19,25H,3-13,15,23H2,1-2H3. The first kappa shape index (κ1) is 18.6. The highest BCUT2D eigenvalue weighted by Gasteiger charge is 2.24. The Bertz CT molecular complexity index is 578. The molecule has 1 saturated carbocycles. The van der Waals surface area contributed by atoms with Gasteiger partial charge in [-0.15, -0.1) is 0 Å². The van der Waals surface area contributed by atoms with E-state index in [1.165, 1.54) is 76.4 Å². The molecule has 1 heterocycles. The predicted octanol–water partition coefficient (Wildman–Crippen LogP) is 5.13. The van der Waals surface area contributed by atoms with E-state index in [0.717, 1.165) is 23.6 Å². The second-order valence-electron chi connectivity index (χ2n) is 8.46. The molecule has 0 bridgehead atoms. The molecule has 3 heteroatoms. The fourth-order valence-electron chi connectivity index (χ4n) is 4.96. The molecule has 140 valence electrons. The van der Waals surface area contributed by atoms with E-state index in [4.69, 9.17) is 5.73 Å². The molecular formula is C22H36N2O. The molecule has 3 rings (SSSR count). The summed E-state index contributed by atoms with van der Waals surface area (Å²) in [5, 5.41) is 10.3. The average Bonchev–Trinajstić information content (AvgIpc) is 2.64. The van der Waals surface area contributed by atoms with Crippen molar-refractivity contribution in [3.8, 4) is 5.75 Å². The second kappa shape index (κ2) is 8.44. The molecule has 1 atom stereocenters. The Hall–Kier alpha value is -1.22. The number of hydrogen-bond donors (Lipinski definition) is 2. The first-order valence-corrected chi connectivity index (χ1v) is 10.4. The Kier molecular flexibility index (Phi) is 6.27. The summed E-state index contributed by atoms with van der Waals surface area (Å²) in [4.78, 5) is 2.65. The first-order chi connectivity index (χ1) is 12.1. The van der Waals surface area contributed by atoms with Crippen molar-refractivity contribution in [2.24, 2.45) is 5.92 Å². The molecule has 1 aromatic rings. The highest BCUT2D eigenvalue weighted by atomic mass is 16.3. The maximum atomic E-state index is 10.3. The number of piperidine rings is 1. The predicted molar refractivity (Wildman–Crippen MR) is 106 cm³/mol. The Morgan fingerprint density at radius 2 is 1.88 bits per heavy atom. The molecule has 1 aliphatic heterocycles. The van der Waals surface area contributed by atoms with Crippen molar-refractivity contribution in [3.63, 3.8) is 0 Å². The van der Waals surface area contributed by atoms with Crippen molar-refractivity contribution in [2.45, 2.75) is 77.6 Å². The summed E-state index contributed by atoms with van der Waals surface area (Å²) >= 11 is 0. The number of rotatable bonds is 5. The number of nitrogens with two attached hydrogens (primary N) is 1. The van der Waals surface area contributed by atoms with Crippen molar-refractivity contribution in [2.75, 3.05) is 25.4 Å². The molecule has 1 aliphatic carbocycles. The number of hydrogen-bond acceptors (Lipinski definition) is 3. The van der Waals surface area contributed by atoms with Gasteiger partial charge in [-0.05, 0) is 81.1 Å². The van der Waals surface area contributed by atoms with Crippen LogP contribution in [0.3, 0.4) is 0 Å². The summed E-state index contributed by atoms with van der Waals surface area (Å²) in [5.74, 6) is 1.83. The van der Waals surface area contributed by atoms with Crippen LogP contribution >= 0.6 is 0 Å². The van der Waals surface area contributed by atoms with E-state index in [2.05, 4.69) is 11.0 Å². The van der Waals surface area contributed by atoms with Crippen LogP contribution in [0.15, 0.2) is 6.07 Å². The van der Waals surface area contributed by atoms with Crippen LogP contribution < -0.4 is 5.73 Å². The summed E-state index contributed by atoms with van der Waals surface area (Å²) in [6.45, 7) is 7.63. The minimum Gasteiger partial charge on any atom is -0.505 e. The van der Waals surface area contributed by atoms with Crippen molar-refractivity contribution in [3.05, 3.63) is 22.8 Å². The van der Waals surface area contributed by atoms with Crippen molar-refractivity contribution >= 4 is 5.69 Å². The maximum Gasteiger partial charge on any atom is 0.141 e. The lowest BCUT2D eigenvalue weighted by Gasteiger charge is -2.34. The van der Waals surface area contributed by atoms with Gasteiger partial charge in [-0.25, -0.2) is 0 Å². The molecule has 1 unspecified atom stereocenters. The third kappa shape index (κ3) is 4.49. The van der Waals surface area contributed by atoms with Crippen LogP contribution in [0, 0.1) is 19.8 Å². The van der Waals surface area contributed by atoms with E-state index < -0.39 is 0 Å². The van der Waals surface area contributed by atoms with Gasteiger partial charge < -0.3 is 15.7 Å². The lowest BCUT2D eigenvalue weighted by molar-refractivity contribution is 0.196. The maximum absolute atomic E-state index is 10.3. The SMILES string of the molecule is Cc1cc(C2CCCN(CCCC3CCCCC3)C2)c(C)c(O)c1N. The monoisotopic (exact) mass is 344 g/mol. The van der Waals surface area contributed by atoms with Gasteiger partial charge in [0.25, 0.3) is 0 Å². The zero-order valence-corrected chi connectivity index (χ0v) is 16.2. The Morgan fingerprint density at radius 1 is 1.12 bits per heavy atom. The Labute approximate surface area is 153 Å². The van der Waals surface area contributed by atoms with Crippen LogP contribution in [0.1, 0.15) is 80.4 Å². The van der Waals surface area contributed by atoms with Gasteiger partial charge in [0.05, 0.1) is 5.69 Å². The van der Waals surface area contributed by atoms with E-state index in [9.17, 15) is 5.11 Å². The van der Waals surface area contributed by atoms with Gasteiger partial charge >= 0.3 is 0 Å². The molecule has 3 N–H and O–H groups in total. The van der Waals surface area contributed by atoms with Crippen LogP contribution in [-0.4, -0.2) is 29.6 Å². The highest BCUT2D eigenvalue weighted by molar-refractivity contribution is 5.63. The van der Waals surface area contributed by atoms with E-state index in [-0.39, 0.29) is 0 Å². The van der Waals surface area contributed by atoms with E-state index in [1.807, 2.05) is 13.8 Å². The number of phenols is 1. The molecule has 0 spiro atoms. The van der Waals surface area contributed by atoms with Crippen LogP contribution in [0.2, 0.25) is 0 Å². The number of aryl methyl sites for hydroxylation is 1. The molecule has 0 amide bonds. The normalized spacial score (nSPS) is 23.0. The summed E-state index contributed by atoms with van der Waals surface area (Å²) < 4.78 is 0. The second-order valence-corrected chi connectivity index (χ2v) is 8.46. The van der Waals surface area contributed by atoms with E-state index in [0.29, 0.717) is 17.4 Å². The summed E-state index contributed by atoms with van der Waals surface area (Å²) in [6, 6.07) is 2.21. The van der Waals surface area contributed by atoms with Crippen LogP contribution in [-0.2, 0) is 0 Å². The van der Waals surface area contributed by atoms with E-state index >= 15 is 0 Å². The van der Waals surface area contributed by atoms with Crippen LogP contribution in [0.25, 0.3) is 0 Å². The first-order valence-electron chi connectivity index (χ1n) is 10.4. The van der Waals surface area contributed by atoms with Gasteiger partial charge in [0.1, 0.15) is 5.75 Å². The summed E-state index contributed by atoms with van der Waals surface area (Å²) in [7, 11) is 0. The molecule has 2 fully saturated rings. The van der Waals surface area contributed by atoms with Crippen molar-refractivity contribution in [1.29, 1.82) is 0 Å². The fourth-order valence-corrected chi connectivity index (χ4v) is 4.96. The third-order valence-corrected chi connectivity index (χ3v) is 6.60. The Morgan fingerprint density at radius 3 is 2.64 bits per heavy atom. The molecular weight excluding hydrogens is 308 g/mol. The van der Waals surface area contributed by atoms with Crippen molar-refractivity contribution in [1.82, 2.24) is 4.90 Å². The molecule has 2 aliphatic rings.